The van der Waals surface area contributed by atoms with E-state index in [1.165, 1.54) is 12.1 Å². The molecule has 0 amide bonds. The van der Waals surface area contributed by atoms with Crippen molar-refractivity contribution in [3.05, 3.63) is 47.4 Å². The number of rotatable bonds is 6. The third-order valence-electron chi connectivity index (χ3n) is 6.80. The summed E-state index contributed by atoms with van der Waals surface area (Å²) in [6.45, 7) is 0.713. The summed E-state index contributed by atoms with van der Waals surface area (Å²) in [5, 5.41) is 10.4. The highest BCUT2D eigenvalue weighted by atomic mass is 32.2. The van der Waals surface area contributed by atoms with Gasteiger partial charge in [-0.15, -0.1) is 0 Å². The summed E-state index contributed by atoms with van der Waals surface area (Å²) in [4.78, 5) is 3.79. The SMILES string of the molecule is C[C@H](NS(=O)(=O)c1ccc(-c2c(C#N)c3cc(F)c(C4CC4)cc3n2C2CCC2)nc1)C(F)(F)F. The first kappa shape index (κ1) is 23.8. The molecule has 0 unspecified atom stereocenters. The van der Waals surface area contributed by atoms with Crippen LogP contribution in [-0.4, -0.2) is 30.2 Å². The van der Waals surface area contributed by atoms with Gasteiger partial charge in [-0.3, -0.25) is 4.98 Å². The number of halogens is 4. The minimum Gasteiger partial charge on any atom is -0.335 e. The van der Waals surface area contributed by atoms with Gasteiger partial charge < -0.3 is 4.57 Å². The molecule has 35 heavy (non-hydrogen) atoms. The number of alkyl halides is 3. The van der Waals surface area contributed by atoms with E-state index in [0.717, 1.165) is 49.9 Å². The maximum atomic E-state index is 14.9. The van der Waals surface area contributed by atoms with Crippen molar-refractivity contribution in [2.45, 2.75) is 68.1 Å². The Labute approximate surface area is 199 Å². The molecule has 2 heterocycles. The lowest BCUT2D eigenvalue weighted by Gasteiger charge is -2.30. The molecule has 0 saturated heterocycles. The standard InChI is InChI=1S/C24H22F4N4O2S/c1-13(24(26,27)28)31-35(33,34)16-7-8-21(30-12-16)23-19(11-29)18-9-20(25)17(14-5-6-14)10-22(18)32(23)15-3-2-4-15/h7-10,12-15,31H,2-6H2,1H3/t13-/m0/s1. The molecule has 5 rings (SSSR count). The topological polar surface area (TPSA) is 87.8 Å². The van der Waals surface area contributed by atoms with Crippen LogP contribution in [0.4, 0.5) is 17.6 Å². The molecule has 0 aliphatic heterocycles. The molecule has 2 fully saturated rings. The largest absolute Gasteiger partial charge is 0.404 e. The molecule has 2 aliphatic carbocycles. The summed E-state index contributed by atoms with van der Waals surface area (Å²) in [6.07, 6.45) is 0.844. The van der Waals surface area contributed by atoms with E-state index in [1.54, 1.807) is 4.72 Å². The van der Waals surface area contributed by atoms with E-state index < -0.39 is 27.1 Å². The van der Waals surface area contributed by atoms with Gasteiger partial charge >= 0.3 is 6.18 Å². The highest BCUT2D eigenvalue weighted by Crippen LogP contribution is 2.46. The molecule has 6 nitrogen and oxygen atoms in total. The van der Waals surface area contributed by atoms with Crippen LogP contribution in [-0.2, 0) is 10.0 Å². The molecule has 3 aromatic rings. The van der Waals surface area contributed by atoms with Gasteiger partial charge in [0.25, 0.3) is 0 Å². The zero-order valence-electron chi connectivity index (χ0n) is 18.7. The number of pyridine rings is 1. The Balaban J connectivity index is 1.61. The fourth-order valence-electron chi connectivity index (χ4n) is 4.49. The first-order chi connectivity index (χ1) is 16.5. The number of nitriles is 1. The first-order valence-electron chi connectivity index (χ1n) is 11.3. The van der Waals surface area contributed by atoms with E-state index in [2.05, 4.69) is 11.1 Å². The van der Waals surface area contributed by atoms with Crippen LogP contribution in [0.25, 0.3) is 22.3 Å². The molecule has 0 radical (unpaired) electrons. The second kappa shape index (κ2) is 8.31. The van der Waals surface area contributed by atoms with E-state index in [9.17, 15) is 31.2 Å². The minimum atomic E-state index is -4.74. The summed E-state index contributed by atoms with van der Waals surface area (Å²) in [6, 6.07) is 5.71. The lowest BCUT2D eigenvalue weighted by molar-refractivity contribution is -0.147. The van der Waals surface area contributed by atoms with E-state index in [1.807, 2.05) is 10.6 Å². The van der Waals surface area contributed by atoms with Gasteiger partial charge in [-0.25, -0.2) is 12.8 Å². The highest BCUT2D eigenvalue weighted by molar-refractivity contribution is 7.89. The number of hydrogen-bond acceptors (Lipinski definition) is 4. The molecule has 2 aromatic heterocycles. The van der Waals surface area contributed by atoms with Crippen molar-refractivity contribution in [1.29, 1.82) is 5.26 Å². The molecule has 11 heteroatoms. The predicted molar refractivity (Wildman–Crippen MR) is 121 cm³/mol. The van der Waals surface area contributed by atoms with Crippen LogP contribution in [0.15, 0.2) is 35.4 Å². The number of nitrogens with zero attached hydrogens (tertiary/aromatic N) is 3. The van der Waals surface area contributed by atoms with Crippen molar-refractivity contribution in [1.82, 2.24) is 14.3 Å². The number of fused-ring (bicyclic) bond motifs is 1. The third-order valence-corrected chi connectivity index (χ3v) is 8.33. The van der Waals surface area contributed by atoms with E-state index in [-0.39, 0.29) is 23.3 Å². The molecule has 1 atom stereocenters. The Morgan fingerprint density at radius 2 is 1.91 bits per heavy atom. The molecule has 1 N–H and O–H groups in total. The van der Waals surface area contributed by atoms with Gasteiger partial charge in [0.15, 0.2) is 0 Å². The van der Waals surface area contributed by atoms with Crippen molar-refractivity contribution in [3.8, 4) is 17.5 Å². The number of sulfonamides is 1. The van der Waals surface area contributed by atoms with Crippen molar-refractivity contribution >= 4 is 20.9 Å². The molecular weight excluding hydrogens is 484 g/mol. The van der Waals surface area contributed by atoms with Crippen LogP contribution in [0.3, 0.4) is 0 Å². The second-order valence-electron chi connectivity index (χ2n) is 9.22. The second-order valence-corrected chi connectivity index (χ2v) is 10.9. The Hall–Kier alpha value is -2.97. The fraction of sp³-hybridized carbons (Fsp3) is 0.417. The summed E-state index contributed by atoms with van der Waals surface area (Å²) in [7, 11) is -4.47. The predicted octanol–water partition coefficient (Wildman–Crippen LogP) is 5.55. The third kappa shape index (κ3) is 4.19. The summed E-state index contributed by atoms with van der Waals surface area (Å²) >= 11 is 0. The van der Waals surface area contributed by atoms with E-state index in [4.69, 9.17) is 0 Å². The molecular formula is C24H22F4N4O2S. The van der Waals surface area contributed by atoms with E-state index >= 15 is 0 Å². The number of aromatic nitrogens is 2. The Morgan fingerprint density at radius 3 is 2.43 bits per heavy atom. The molecule has 184 valence electrons. The summed E-state index contributed by atoms with van der Waals surface area (Å²) in [5.41, 5.74) is 2.36. The summed E-state index contributed by atoms with van der Waals surface area (Å²) in [5.74, 6) is -0.180. The number of hydrogen-bond donors (Lipinski definition) is 1. The van der Waals surface area contributed by atoms with Crippen molar-refractivity contribution in [2.24, 2.45) is 0 Å². The Kier molecular flexibility index (Phi) is 5.64. The molecule has 2 aliphatic rings. The van der Waals surface area contributed by atoms with Gasteiger partial charge in [-0.05, 0) is 74.8 Å². The van der Waals surface area contributed by atoms with Crippen molar-refractivity contribution in [2.75, 3.05) is 0 Å². The number of nitrogens with one attached hydrogen (secondary N) is 1. The van der Waals surface area contributed by atoms with Crippen LogP contribution < -0.4 is 4.72 Å². The van der Waals surface area contributed by atoms with Crippen molar-refractivity contribution in [3.63, 3.8) is 0 Å². The maximum absolute atomic E-state index is 14.9. The number of benzene rings is 1. The van der Waals surface area contributed by atoms with Gasteiger partial charge in [0, 0.05) is 17.6 Å². The molecule has 0 bridgehead atoms. The lowest BCUT2D eigenvalue weighted by Crippen LogP contribution is -2.42. The summed E-state index contributed by atoms with van der Waals surface area (Å²) < 4.78 is 81.8. The van der Waals surface area contributed by atoms with Gasteiger partial charge in [-0.1, -0.05) is 0 Å². The van der Waals surface area contributed by atoms with Crippen LogP contribution in [0.5, 0.6) is 0 Å². The van der Waals surface area contributed by atoms with Crippen LogP contribution in [0.2, 0.25) is 0 Å². The van der Waals surface area contributed by atoms with Gasteiger partial charge in [0.05, 0.1) is 22.5 Å². The van der Waals surface area contributed by atoms with Crippen LogP contribution >= 0.6 is 0 Å². The molecule has 1 aromatic carbocycles. The first-order valence-corrected chi connectivity index (χ1v) is 12.8. The quantitative estimate of drug-likeness (QED) is 0.445. The molecule has 0 spiro atoms. The zero-order valence-corrected chi connectivity index (χ0v) is 19.5. The van der Waals surface area contributed by atoms with Crippen LogP contribution in [0, 0.1) is 17.1 Å². The average Bonchev–Trinajstić information content (AvgIpc) is 3.55. The van der Waals surface area contributed by atoms with Crippen molar-refractivity contribution < 1.29 is 26.0 Å². The maximum Gasteiger partial charge on any atom is 0.404 e. The smallest absolute Gasteiger partial charge is 0.335 e. The normalized spacial score (nSPS) is 17.8. The fourth-order valence-corrected chi connectivity index (χ4v) is 5.66. The van der Waals surface area contributed by atoms with E-state index in [0.29, 0.717) is 29.3 Å². The lowest BCUT2D eigenvalue weighted by atomic mass is 9.92. The zero-order chi connectivity index (χ0) is 25.1. The Bertz CT molecular complexity index is 1450. The minimum absolute atomic E-state index is 0.0895. The molecule has 2 saturated carbocycles. The van der Waals surface area contributed by atoms with Gasteiger partial charge in [0.2, 0.25) is 10.0 Å². The van der Waals surface area contributed by atoms with Crippen LogP contribution in [0.1, 0.15) is 62.1 Å². The monoisotopic (exact) mass is 506 g/mol. The Morgan fingerprint density at radius 1 is 1.20 bits per heavy atom. The highest BCUT2D eigenvalue weighted by Gasteiger charge is 2.39. The average molecular weight is 507 g/mol. The van der Waals surface area contributed by atoms with Gasteiger partial charge in [-0.2, -0.15) is 23.2 Å². The van der Waals surface area contributed by atoms with Gasteiger partial charge in [0.1, 0.15) is 22.8 Å².